The van der Waals surface area contributed by atoms with Crippen LogP contribution in [0.1, 0.15) is 29.9 Å². The van der Waals surface area contributed by atoms with Crippen molar-refractivity contribution >= 4 is 40.1 Å². The predicted octanol–water partition coefficient (Wildman–Crippen LogP) is 4.91. The molecule has 0 aliphatic carbocycles. The number of thiophene rings is 1. The van der Waals surface area contributed by atoms with Gasteiger partial charge in [-0.15, -0.1) is 11.3 Å². The normalized spacial score (nSPS) is 16.1. The first kappa shape index (κ1) is 19.5. The zero-order valence-corrected chi connectivity index (χ0v) is 18.0. The average Bonchev–Trinajstić information content (AvgIpc) is 3.43. The summed E-state index contributed by atoms with van der Waals surface area (Å²) in [5, 5.41) is 6.35. The second-order valence-corrected chi connectivity index (χ2v) is 8.96. The molecular formula is C22H20N2O3S2. The minimum Gasteiger partial charge on any atom is -0.453 e. The van der Waals surface area contributed by atoms with Crippen LogP contribution in [0.4, 0.5) is 5.69 Å². The number of likely N-dealkylation sites (N-methyl/N-ethyl adjacent to an activating group) is 1. The molecule has 148 valence electrons. The number of benzene rings is 1. The van der Waals surface area contributed by atoms with E-state index in [2.05, 4.69) is 24.9 Å². The number of carbonyl (C=O) groups excluding carboxylic acids is 2. The van der Waals surface area contributed by atoms with Crippen molar-refractivity contribution in [2.75, 3.05) is 18.6 Å². The lowest BCUT2D eigenvalue weighted by molar-refractivity contribution is -0.117. The predicted molar refractivity (Wildman–Crippen MR) is 117 cm³/mol. The second-order valence-electron chi connectivity index (χ2n) is 7.32. The summed E-state index contributed by atoms with van der Waals surface area (Å²) < 4.78 is 5.21. The van der Waals surface area contributed by atoms with E-state index in [0.717, 1.165) is 22.0 Å². The first-order valence-corrected chi connectivity index (χ1v) is 10.9. The van der Waals surface area contributed by atoms with E-state index in [1.807, 2.05) is 47.0 Å². The van der Waals surface area contributed by atoms with Crippen LogP contribution in [0.5, 0.6) is 0 Å². The van der Waals surface area contributed by atoms with Crippen LogP contribution in [-0.4, -0.2) is 30.4 Å². The summed E-state index contributed by atoms with van der Waals surface area (Å²) in [5.74, 6) is -0.842. The van der Waals surface area contributed by atoms with Gasteiger partial charge in [-0.05, 0) is 23.1 Å². The van der Waals surface area contributed by atoms with Crippen LogP contribution in [-0.2, 0) is 14.9 Å². The van der Waals surface area contributed by atoms with Gasteiger partial charge in [-0.25, -0.2) is 9.78 Å². The van der Waals surface area contributed by atoms with E-state index in [9.17, 15) is 9.59 Å². The van der Waals surface area contributed by atoms with Crippen molar-refractivity contribution < 1.29 is 14.3 Å². The topological polar surface area (TPSA) is 59.5 Å². The lowest BCUT2D eigenvalue weighted by Crippen LogP contribution is -2.25. The first-order chi connectivity index (χ1) is 13.9. The van der Waals surface area contributed by atoms with Crippen LogP contribution in [0, 0.1) is 0 Å². The summed E-state index contributed by atoms with van der Waals surface area (Å²) in [4.78, 5) is 31.1. The van der Waals surface area contributed by atoms with Crippen LogP contribution in [0.25, 0.3) is 10.6 Å². The van der Waals surface area contributed by atoms with Crippen LogP contribution >= 0.6 is 22.7 Å². The molecule has 0 saturated carbocycles. The van der Waals surface area contributed by atoms with E-state index in [-0.39, 0.29) is 23.5 Å². The van der Waals surface area contributed by atoms with Gasteiger partial charge in [0.05, 0.1) is 0 Å². The van der Waals surface area contributed by atoms with Crippen molar-refractivity contribution in [3.05, 3.63) is 69.5 Å². The summed E-state index contributed by atoms with van der Waals surface area (Å²) >= 11 is 2.95. The van der Waals surface area contributed by atoms with E-state index >= 15 is 0 Å². The summed E-state index contributed by atoms with van der Waals surface area (Å²) in [6.07, 6.45) is 1.57. The van der Waals surface area contributed by atoms with Crippen molar-refractivity contribution in [1.29, 1.82) is 0 Å². The lowest BCUT2D eigenvalue weighted by Gasteiger charge is -2.23. The maximum absolute atomic E-state index is 12.5. The lowest BCUT2D eigenvalue weighted by atomic mass is 9.83. The molecule has 2 aromatic heterocycles. The Morgan fingerprint density at radius 2 is 2.00 bits per heavy atom. The Kier molecular flexibility index (Phi) is 5.10. The fourth-order valence-corrected chi connectivity index (χ4v) is 5.05. The molecule has 3 heterocycles. The Morgan fingerprint density at radius 3 is 2.72 bits per heavy atom. The summed E-state index contributed by atoms with van der Waals surface area (Å²) in [6.45, 7) is 3.86. The Bertz CT molecular complexity index is 1100. The van der Waals surface area contributed by atoms with Crippen LogP contribution in [0.3, 0.4) is 0 Å². The second kappa shape index (κ2) is 7.57. The highest BCUT2D eigenvalue weighted by atomic mass is 32.1. The van der Waals surface area contributed by atoms with Crippen molar-refractivity contribution in [1.82, 2.24) is 4.98 Å². The molecule has 1 aromatic carbocycles. The standard InChI is InChI=1S/C22H20N2O3S2/c1-22(2)16-6-4-5-7-18(16)24(3)19(22)10-15(25)11-27-21(26)17-13-29-20(23-17)14-8-9-28-12-14/h4-10,12-13H,11H2,1-3H3/b19-10+. The van der Waals surface area contributed by atoms with Crippen molar-refractivity contribution in [2.24, 2.45) is 0 Å². The summed E-state index contributed by atoms with van der Waals surface area (Å²) in [5.41, 5.74) is 4.04. The molecule has 0 amide bonds. The van der Waals surface area contributed by atoms with E-state index in [4.69, 9.17) is 4.74 Å². The molecule has 0 spiro atoms. The van der Waals surface area contributed by atoms with Crippen molar-refractivity contribution in [2.45, 2.75) is 19.3 Å². The maximum Gasteiger partial charge on any atom is 0.358 e. The number of hydrogen-bond acceptors (Lipinski definition) is 7. The molecule has 1 aliphatic heterocycles. The fraction of sp³-hybridized carbons (Fsp3) is 0.227. The average molecular weight is 425 g/mol. The van der Waals surface area contributed by atoms with Crippen molar-refractivity contribution in [3.63, 3.8) is 0 Å². The molecule has 0 fully saturated rings. The third-order valence-corrected chi connectivity index (χ3v) is 6.64. The highest BCUT2D eigenvalue weighted by Crippen LogP contribution is 2.46. The number of thiazole rings is 1. The Labute approximate surface area is 177 Å². The van der Waals surface area contributed by atoms with Gasteiger partial charge in [0, 0.05) is 46.2 Å². The molecular weight excluding hydrogens is 404 g/mol. The number of nitrogens with zero attached hydrogens (tertiary/aromatic N) is 2. The zero-order valence-electron chi connectivity index (χ0n) is 16.3. The fourth-order valence-electron chi connectivity index (χ4n) is 3.55. The largest absolute Gasteiger partial charge is 0.453 e. The molecule has 29 heavy (non-hydrogen) atoms. The van der Waals surface area contributed by atoms with Crippen LogP contribution < -0.4 is 4.90 Å². The number of anilines is 1. The molecule has 1 aliphatic rings. The molecule has 0 radical (unpaired) electrons. The number of allylic oxidation sites excluding steroid dienone is 1. The number of fused-ring (bicyclic) bond motifs is 1. The summed E-state index contributed by atoms with van der Waals surface area (Å²) in [7, 11) is 1.94. The van der Waals surface area contributed by atoms with Crippen LogP contribution in [0.15, 0.2) is 58.2 Å². The van der Waals surface area contributed by atoms with Crippen molar-refractivity contribution in [3.8, 4) is 10.6 Å². The van der Waals surface area contributed by atoms with Gasteiger partial charge in [-0.2, -0.15) is 11.3 Å². The van der Waals surface area contributed by atoms with Gasteiger partial charge in [-0.3, -0.25) is 4.79 Å². The number of esters is 1. The summed E-state index contributed by atoms with van der Waals surface area (Å²) in [6, 6.07) is 10.0. The van der Waals surface area contributed by atoms with Gasteiger partial charge in [-0.1, -0.05) is 32.0 Å². The molecule has 0 unspecified atom stereocenters. The molecule has 0 bridgehead atoms. The SMILES string of the molecule is CN1/C(=C/C(=O)COC(=O)c2csc(-c3ccsc3)n2)C(C)(C)c2ccccc21. The van der Waals surface area contributed by atoms with Gasteiger partial charge in [0.1, 0.15) is 5.01 Å². The Morgan fingerprint density at radius 1 is 1.21 bits per heavy atom. The van der Waals surface area contributed by atoms with E-state index in [1.165, 1.54) is 16.9 Å². The van der Waals surface area contributed by atoms with E-state index < -0.39 is 5.97 Å². The van der Waals surface area contributed by atoms with Gasteiger partial charge in [0.15, 0.2) is 18.1 Å². The maximum atomic E-state index is 12.5. The molecule has 3 aromatic rings. The smallest absolute Gasteiger partial charge is 0.358 e. The number of ketones is 1. The van der Waals surface area contributed by atoms with Gasteiger partial charge < -0.3 is 9.64 Å². The van der Waals surface area contributed by atoms with Gasteiger partial charge >= 0.3 is 5.97 Å². The number of rotatable bonds is 5. The molecule has 5 nitrogen and oxygen atoms in total. The van der Waals surface area contributed by atoms with E-state index in [0.29, 0.717) is 0 Å². The quantitative estimate of drug-likeness (QED) is 0.430. The third-order valence-electron chi connectivity index (χ3n) is 5.07. The van der Waals surface area contributed by atoms with Crippen LogP contribution in [0.2, 0.25) is 0 Å². The molecule has 4 rings (SSSR count). The monoisotopic (exact) mass is 424 g/mol. The Hall–Kier alpha value is -2.77. The number of aromatic nitrogens is 1. The number of para-hydroxylation sites is 1. The molecule has 7 heteroatoms. The minimum absolute atomic E-state index is 0.224. The first-order valence-electron chi connectivity index (χ1n) is 9.11. The number of ether oxygens (including phenoxy) is 1. The molecule has 0 atom stereocenters. The van der Waals surface area contributed by atoms with E-state index in [1.54, 1.807) is 22.8 Å². The molecule has 0 N–H and O–H groups in total. The Balaban J connectivity index is 1.43. The highest BCUT2D eigenvalue weighted by Gasteiger charge is 2.38. The highest BCUT2D eigenvalue weighted by molar-refractivity contribution is 7.14. The third kappa shape index (κ3) is 3.63. The number of hydrogen-bond donors (Lipinski definition) is 0. The molecule has 0 saturated heterocycles. The zero-order chi connectivity index (χ0) is 20.6. The minimum atomic E-state index is -0.586. The number of carbonyl (C=O) groups is 2. The van der Waals surface area contributed by atoms with Gasteiger partial charge in [0.25, 0.3) is 0 Å². The van der Waals surface area contributed by atoms with Gasteiger partial charge in [0.2, 0.25) is 0 Å².